The highest BCUT2D eigenvalue weighted by Crippen LogP contribution is 2.46. The second-order valence-electron chi connectivity index (χ2n) is 37.0. The van der Waals surface area contributed by atoms with Crippen LogP contribution >= 0.6 is 68.8 Å². The molecule has 706 valence electrons. The van der Waals surface area contributed by atoms with Crippen LogP contribution in [-0.2, 0) is 0 Å². The van der Waals surface area contributed by atoms with Crippen LogP contribution in [0.1, 0.15) is 27.7 Å². The summed E-state index contributed by atoms with van der Waals surface area (Å²) in [6.45, 7) is 6.31. The Morgan fingerprint density at radius 1 is 0.197 bits per heavy atom. The average molecular weight is 2010 g/mol. The van der Waals surface area contributed by atoms with Crippen molar-refractivity contribution in [1.82, 2.24) is 29.9 Å². The molecule has 0 bridgehead atoms. The number of hydrogen-bond donors (Lipinski definition) is 2. The van der Waals surface area contributed by atoms with E-state index < -0.39 is 11.2 Å². The molecule has 0 saturated carbocycles. The van der Waals surface area contributed by atoms with Crippen molar-refractivity contribution in [3.05, 3.63) is 501 Å². The normalized spacial score (nSPS) is 11.3. The molecular formula is C132H94BCl3N6O2S3. The molecule has 2 radical (unpaired) electrons. The molecule has 147 heavy (non-hydrogen) atoms. The minimum absolute atomic E-state index is 0.194. The number of aromatic nitrogens is 6. The first kappa shape index (κ1) is 97.0. The topological polar surface area (TPSA) is 118 Å². The van der Waals surface area contributed by atoms with Crippen molar-refractivity contribution in [3.63, 3.8) is 0 Å². The van der Waals surface area contributed by atoms with E-state index in [2.05, 4.69) is 440 Å². The van der Waals surface area contributed by atoms with E-state index in [1.807, 2.05) is 60.7 Å². The van der Waals surface area contributed by atoms with E-state index in [1.54, 1.807) is 61.7 Å². The maximum Gasteiger partial charge on any atom is 0.225 e. The number of rotatable bonds is 16. The molecule has 0 atom stereocenters. The van der Waals surface area contributed by atoms with Crippen LogP contribution in [-0.4, -0.2) is 59.2 Å². The van der Waals surface area contributed by atoms with Gasteiger partial charge in [0, 0.05) is 57.7 Å². The van der Waals surface area contributed by atoms with E-state index in [4.69, 9.17) is 67.8 Å². The fourth-order valence-corrected chi connectivity index (χ4v) is 22.2. The number of thiophene rings is 3. The van der Waals surface area contributed by atoms with E-state index in [0.29, 0.717) is 5.15 Å². The lowest BCUT2D eigenvalue weighted by atomic mass is 9.90. The molecule has 15 heteroatoms. The van der Waals surface area contributed by atoms with Gasteiger partial charge in [-0.05, 0) is 288 Å². The summed E-state index contributed by atoms with van der Waals surface area (Å²) in [6, 6.07) is 171. The van der Waals surface area contributed by atoms with Gasteiger partial charge in [-0.2, -0.15) is 0 Å². The van der Waals surface area contributed by atoms with Crippen LogP contribution in [0.15, 0.2) is 485 Å². The summed E-state index contributed by atoms with van der Waals surface area (Å²) in [5, 5.41) is 25.6. The van der Waals surface area contributed by atoms with Gasteiger partial charge in [-0.1, -0.05) is 399 Å². The van der Waals surface area contributed by atoms with Gasteiger partial charge in [0.15, 0.2) is 5.82 Å². The van der Waals surface area contributed by atoms with E-state index >= 15 is 0 Å². The van der Waals surface area contributed by atoms with Gasteiger partial charge in [0.1, 0.15) is 27.5 Å². The summed E-state index contributed by atoms with van der Waals surface area (Å²) in [5.41, 5.74) is 32.1. The number of fused-ring (bicyclic) bond motifs is 9. The van der Waals surface area contributed by atoms with E-state index in [0.717, 1.165) is 119 Å². The third-order valence-corrected chi connectivity index (χ3v) is 30.1. The van der Waals surface area contributed by atoms with E-state index in [9.17, 15) is 0 Å². The third-order valence-electron chi connectivity index (χ3n) is 26.3. The third kappa shape index (κ3) is 22.1. The Hall–Kier alpha value is -16.1. The van der Waals surface area contributed by atoms with E-state index in [1.165, 1.54) is 115 Å². The molecule has 0 aliphatic heterocycles. The molecule has 19 aromatic carbocycles. The first-order valence-electron chi connectivity index (χ1n) is 48.4. The molecule has 0 unspecified atom stereocenters. The number of nitrogens with zero attached hydrogens (tertiary/aromatic N) is 6. The van der Waals surface area contributed by atoms with Crippen LogP contribution < -0.4 is 5.46 Å². The Labute approximate surface area is 883 Å². The highest BCUT2D eigenvalue weighted by atomic mass is 35.5. The van der Waals surface area contributed by atoms with Crippen molar-refractivity contribution < 1.29 is 10.2 Å². The molecule has 0 spiro atoms. The zero-order chi connectivity index (χ0) is 100. The SMILES string of the molecule is CC(C)(O)C(C)(C)O.Clc1nc(-c2cccc(-c3cccc(-c4cc(-c5ccccc5)cc(-c5ccccc5)c4)c3)c2)c2c(n1)sc1ccccc12.Clc1nc(Cl)c2c(n1)sc1ccccc12.[B]c1cccc(-c2cccc(-c3cc(-c4ccccc4)cc(-c4ccccc4)c3)c2)c1.c1ccc(-c2cc(-c3ccccc3)cc(-c3cccc(-c4cccc(-c5nc(-c6ccccc6)nc6sc7ccccc7c56)c4)c3)c2)cc1. The minimum atomic E-state index is -1.01. The zero-order valence-electron chi connectivity index (χ0n) is 80.7. The van der Waals surface area contributed by atoms with Crippen molar-refractivity contribution in [3.8, 4) is 167 Å². The predicted octanol–water partition coefficient (Wildman–Crippen LogP) is 36.5. The molecular weight excluding hydrogens is 1910 g/mol. The highest BCUT2D eigenvalue weighted by molar-refractivity contribution is 7.26. The van der Waals surface area contributed by atoms with Crippen molar-refractivity contribution in [2.45, 2.75) is 38.9 Å². The van der Waals surface area contributed by atoms with Gasteiger partial charge in [0.2, 0.25) is 10.6 Å². The molecule has 0 amide bonds. The van der Waals surface area contributed by atoms with Gasteiger partial charge in [-0.25, -0.2) is 29.9 Å². The number of aliphatic hydroxyl groups is 2. The monoisotopic (exact) mass is 2010 g/mol. The molecule has 6 aromatic heterocycles. The molecule has 0 fully saturated rings. The smallest absolute Gasteiger partial charge is 0.225 e. The maximum absolute atomic E-state index is 9.10. The van der Waals surface area contributed by atoms with Crippen LogP contribution in [0.4, 0.5) is 0 Å². The van der Waals surface area contributed by atoms with Crippen LogP contribution in [0, 0.1) is 0 Å². The summed E-state index contributed by atoms with van der Waals surface area (Å²) in [5.74, 6) is 0.745. The molecule has 6 heterocycles. The van der Waals surface area contributed by atoms with Gasteiger partial charge in [0.05, 0.1) is 28.0 Å². The van der Waals surface area contributed by atoms with Gasteiger partial charge in [-0.15, -0.1) is 34.0 Å². The number of hydrogen-bond acceptors (Lipinski definition) is 11. The Kier molecular flexibility index (Phi) is 28.7. The summed E-state index contributed by atoms with van der Waals surface area (Å²) >= 11 is 23.2. The molecule has 0 aliphatic rings. The summed E-state index contributed by atoms with van der Waals surface area (Å²) in [7, 11) is 6.01. The molecule has 2 N–H and O–H groups in total. The Balaban J connectivity index is 0.000000118. The second-order valence-corrected chi connectivity index (χ2v) is 41.1. The van der Waals surface area contributed by atoms with Crippen molar-refractivity contribution in [2.24, 2.45) is 0 Å². The molecule has 8 nitrogen and oxygen atoms in total. The minimum Gasteiger partial charge on any atom is -0.387 e. The first-order valence-corrected chi connectivity index (χ1v) is 52.0. The van der Waals surface area contributed by atoms with Gasteiger partial charge in [-0.3, -0.25) is 0 Å². The van der Waals surface area contributed by atoms with Crippen molar-refractivity contribution >= 4 is 143 Å². The fourth-order valence-electron chi connectivity index (χ4n) is 18.1. The van der Waals surface area contributed by atoms with Gasteiger partial charge >= 0.3 is 0 Å². The first-order chi connectivity index (χ1) is 71.7. The van der Waals surface area contributed by atoms with Crippen LogP contribution in [0.3, 0.4) is 0 Å². The molecule has 25 aromatic rings. The van der Waals surface area contributed by atoms with Crippen LogP contribution in [0.25, 0.3) is 228 Å². The van der Waals surface area contributed by atoms with Gasteiger partial charge in [0.25, 0.3) is 0 Å². The Morgan fingerprint density at radius 3 is 0.714 bits per heavy atom. The lowest BCUT2D eigenvalue weighted by Crippen LogP contribution is -2.44. The number of benzene rings is 19. The summed E-state index contributed by atoms with van der Waals surface area (Å²) in [6.07, 6.45) is 0. The van der Waals surface area contributed by atoms with Gasteiger partial charge < -0.3 is 10.2 Å². The van der Waals surface area contributed by atoms with Crippen molar-refractivity contribution in [2.75, 3.05) is 0 Å². The summed E-state index contributed by atoms with van der Waals surface area (Å²) < 4.78 is 3.54. The Bertz CT molecular complexity index is 8870. The largest absolute Gasteiger partial charge is 0.387 e. The lowest BCUT2D eigenvalue weighted by molar-refractivity contribution is -0.107. The zero-order valence-corrected chi connectivity index (χ0v) is 85.4. The number of halogens is 3. The standard InChI is InChI=1S/C46H30N2S.C40H25ClN2S.C30H21B.C10H4Cl2N2S.C6H14O2/c1-4-14-31(15-5-1)38-28-39(32-16-6-2-7-17-32)30-40(29-38)36-22-12-20-34(26-36)35-21-13-23-37(27-35)44-43-41-24-10-11-25-42(41)49-46(43)48-45(47-44)33-18-8-3-9-19-33;41-40-42-38(37-35-19-7-8-20-36(35)44-39(37)43-40)31-18-10-16-29(22-31)28-15-9-17-30(21-28)34-24-32(26-11-3-1-4-12-26)23-33(25-34)27-13-5-2-6-14-27;31-30-16-8-15-26(21-30)24-13-7-14-25(17-24)29-19-27(22-9-3-1-4-10-22)18-28(20-29)23-11-5-2-6-12-23;11-8-7-5-3-1-2-4-6(5)15-9(7)14-10(12)13-8;1-5(2,7)6(3,4)8/h1-30H;1-25H;1-21H;1-4H;7-8H,1-4H3. The maximum atomic E-state index is 9.10. The summed E-state index contributed by atoms with van der Waals surface area (Å²) in [4.78, 5) is 30.4. The molecule has 25 rings (SSSR count). The molecule has 0 saturated heterocycles. The van der Waals surface area contributed by atoms with Crippen LogP contribution in [0.5, 0.6) is 0 Å². The van der Waals surface area contributed by atoms with E-state index in [-0.39, 0.29) is 10.6 Å². The lowest BCUT2D eigenvalue weighted by Gasteiger charge is -2.31. The highest BCUT2D eigenvalue weighted by Gasteiger charge is 2.32. The average Bonchev–Trinajstić information content (AvgIpc) is 1.60. The fraction of sp³-hybridized carbons (Fsp3) is 0.0455. The molecule has 0 aliphatic carbocycles. The quantitative estimate of drug-likeness (QED) is 0.0558. The van der Waals surface area contributed by atoms with Crippen LogP contribution in [0.2, 0.25) is 15.7 Å². The Morgan fingerprint density at radius 2 is 0.408 bits per heavy atom. The van der Waals surface area contributed by atoms with Crippen molar-refractivity contribution in [1.29, 1.82) is 0 Å². The predicted molar refractivity (Wildman–Crippen MR) is 626 cm³/mol. The second kappa shape index (κ2) is 43.5.